The maximum absolute atomic E-state index is 10.7. The third-order valence-electron chi connectivity index (χ3n) is 2.90. The molecule has 1 N–H and O–H groups in total. The molecule has 0 radical (unpaired) electrons. The number of thiophene rings is 1. The number of rotatable bonds is 5. The van der Waals surface area contributed by atoms with Crippen LogP contribution in [0.15, 0.2) is 29.8 Å². The predicted octanol–water partition coefficient (Wildman–Crippen LogP) is 3.58. The molecule has 0 saturated carbocycles. The van der Waals surface area contributed by atoms with Crippen molar-refractivity contribution >= 4 is 22.8 Å². The van der Waals surface area contributed by atoms with Crippen LogP contribution >= 0.6 is 11.3 Å². The Balaban J connectivity index is 2.00. The minimum atomic E-state index is -0.416. The number of hydrogen-bond donors (Lipinski definition) is 1. The van der Waals surface area contributed by atoms with Crippen LogP contribution in [-0.4, -0.2) is 16.5 Å². The molecule has 6 heteroatoms. The number of aromatic nitrogens is 1. The summed E-state index contributed by atoms with van der Waals surface area (Å²) in [5, 5.41) is 16.0. The highest BCUT2D eigenvalue weighted by Crippen LogP contribution is 2.22. The zero-order chi connectivity index (χ0) is 13.8. The Hall–Kier alpha value is -1.95. The van der Waals surface area contributed by atoms with Gasteiger partial charge in [-0.2, -0.15) is 0 Å². The van der Waals surface area contributed by atoms with Gasteiger partial charge >= 0.3 is 0 Å². The Labute approximate surface area is 115 Å². The monoisotopic (exact) mass is 277 g/mol. The molecule has 0 aliphatic carbocycles. The number of aryl methyl sites for hydroxylation is 1. The summed E-state index contributed by atoms with van der Waals surface area (Å²) in [7, 11) is 0. The molecule has 100 valence electrons. The standard InChI is InChI=1S/C13H15N3O2S/c1-9-6-13(15-8-11(9)16(17)18)14-7-10(2)12-4-3-5-19-12/h3-6,8,10H,7H2,1-2H3,(H,14,15). The minimum absolute atomic E-state index is 0.0526. The van der Waals surface area contributed by atoms with E-state index in [0.29, 0.717) is 17.3 Å². The molecule has 0 saturated heterocycles. The molecule has 0 aromatic carbocycles. The van der Waals surface area contributed by atoms with Gasteiger partial charge in [0.2, 0.25) is 0 Å². The molecule has 0 bridgehead atoms. The summed E-state index contributed by atoms with van der Waals surface area (Å²) in [5.74, 6) is 1.06. The molecular weight excluding hydrogens is 262 g/mol. The van der Waals surface area contributed by atoms with Gasteiger partial charge in [0, 0.05) is 22.9 Å². The van der Waals surface area contributed by atoms with Gasteiger partial charge in [-0.1, -0.05) is 13.0 Å². The second-order valence-corrected chi connectivity index (χ2v) is 5.39. The van der Waals surface area contributed by atoms with Gasteiger partial charge in [0.25, 0.3) is 5.69 Å². The van der Waals surface area contributed by atoms with Crippen molar-refractivity contribution in [3.05, 3.63) is 50.3 Å². The van der Waals surface area contributed by atoms with E-state index in [0.717, 1.165) is 6.54 Å². The lowest BCUT2D eigenvalue weighted by atomic mass is 10.1. The summed E-state index contributed by atoms with van der Waals surface area (Å²) < 4.78 is 0. The minimum Gasteiger partial charge on any atom is -0.369 e. The van der Waals surface area contributed by atoms with Gasteiger partial charge in [-0.15, -0.1) is 11.3 Å². The molecule has 0 fully saturated rings. The van der Waals surface area contributed by atoms with Gasteiger partial charge < -0.3 is 5.32 Å². The topological polar surface area (TPSA) is 68.1 Å². The molecule has 2 rings (SSSR count). The molecule has 0 spiro atoms. The molecule has 0 aliphatic heterocycles. The highest BCUT2D eigenvalue weighted by Gasteiger charge is 2.12. The predicted molar refractivity (Wildman–Crippen MR) is 76.9 cm³/mol. The van der Waals surface area contributed by atoms with Gasteiger partial charge in [0.15, 0.2) is 0 Å². The van der Waals surface area contributed by atoms with E-state index in [2.05, 4.69) is 28.7 Å². The van der Waals surface area contributed by atoms with Crippen LogP contribution in [0.2, 0.25) is 0 Å². The first-order valence-corrected chi connectivity index (χ1v) is 6.84. The average molecular weight is 277 g/mol. The third-order valence-corrected chi connectivity index (χ3v) is 4.00. The maximum Gasteiger partial charge on any atom is 0.290 e. The van der Waals surface area contributed by atoms with Crippen LogP contribution in [0.3, 0.4) is 0 Å². The Bertz CT molecular complexity index is 569. The second-order valence-electron chi connectivity index (χ2n) is 4.41. The van der Waals surface area contributed by atoms with Crippen molar-refractivity contribution < 1.29 is 4.92 Å². The number of nitro groups is 1. The molecule has 2 aromatic rings. The van der Waals surface area contributed by atoms with Gasteiger partial charge in [-0.05, 0) is 24.4 Å². The Kier molecular flexibility index (Phi) is 4.11. The first kappa shape index (κ1) is 13.5. The lowest BCUT2D eigenvalue weighted by molar-refractivity contribution is -0.385. The zero-order valence-corrected chi connectivity index (χ0v) is 11.6. The van der Waals surface area contributed by atoms with E-state index in [1.807, 2.05) is 6.07 Å². The highest BCUT2D eigenvalue weighted by molar-refractivity contribution is 7.10. The van der Waals surface area contributed by atoms with Crippen LogP contribution in [0.25, 0.3) is 0 Å². The molecular formula is C13H15N3O2S. The lowest BCUT2D eigenvalue weighted by Gasteiger charge is -2.11. The van der Waals surface area contributed by atoms with Crippen LogP contribution in [0.5, 0.6) is 0 Å². The van der Waals surface area contributed by atoms with Gasteiger partial charge in [0.05, 0.1) is 4.92 Å². The van der Waals surface area contributed by atoms with Crippen molar-refractivity contribution in [1.29, 1.82) is 0 Å². The smallest absolute Gasteiger partial charge is 0.290 e. The summed E-state index contributed by atoms with van der Waals surface area (Å²) in [5.41, 5.74) is 0.670. The zero-order valence-electron chi connectivity index (χ0n) is 10.8. The molecule has 2 heterocycles. The van der Waals surface area contributed by atoms with E-state index in [4.69, 9.17) is 0 Å². The first-order valence-electron chi connectivity index (χ1n) is 5.96. The summed E-state index contributed by atoms with van der Waals surface area (Å²) in [6.45, 7) is 4.61. The molecule has 0 aliphatic rings. The van der Waals surface area contributed by atoms with Crippen molar-refractivity contribution in [1.82, 2.24) is 4.98 Å². The van der Waals surface area contributed by atoms with Gasteiger partial charge in [0.1, 0.15) is 12.0 Å². The summed E-state index contributed by atoms with van der Waals surface area (Å²) in [4.78, 5) is 15.7. The summed E-state index contributed by atoms with van der Waals surface area (Å²) in [6, 6.07) is 5.84. The van der Waals surface area contributed by atoms with Crippen molar-refractivity contribution in [3.63, 3.8) is 0 Å². The van der Waals surface area contributed by atoms with E-state index in [-0.39, 0.29) is 5.69 Å². The maximum atomic E-state index is 10.7. The largest absolute Gasteiger partial charge is 0.369 e. The van der Waals surface area contributed by atoms with E-state index in [9.17, 15) is 10.1 Å². The van der Waals surface area contributed by atoms with E-state index in [1.54, 1.807) is 24.3 Å². The van der Waals surface area contributed by atoms with E-state index < -0.39 is 4.92 Å². The quantitative estimate of drug-likeness (QED) is 0.670. The van der Waals surface area contributed by atoms with Crippen LogP contribution in [0.1, 0.15) is 23.3 Å². The van der Waals surface area contributed by atoms with Crippen LogP contribution in [-0.2, 0) is 0 Å². The third kappa shape index (κ3) is 3.29. The Morgan fingerprint density at radius 3 is 2.95 bits per heavy atom. The van der Waals surface area contributed by atoms with Crippen molar-refractivity contribution in [2.45, 2.75) is 19.8 Å². The Morgan fingerprint density at radius 1 is 1.58 bits per heavy atom. The van der Waals surface area contributed by atoms with Crippen LogP contribution in [0, 0.1) is 17.0 Å². The molecule has 2 aromatic heterocycles. The molecule has 5 nitrogen and oxygen atoms in total. The van der Waals surface area contributed by atoms with Gasteiger partial charge in [-0.25, -0.2) is 4.98 Å². The fourth-order valence-corrected chi connectivity index (χ4v) is 2.55. The fraction of sp³-hybridized carbons (Fsp3) is 0.308. The number of nitrogens with zero attached hydrogens (tertiary/aromatic N) is 2. The summed E-state index contributed by atoms with van der Waals surface area (Å²) >= 11 is 1.73. The van der Waals surface area contributed by atoms with Crippen molar-refractivity contribution in [2.75, 3.05) is 11.9 Å². The molecule has 1 atom stereocenters. The van der Waals surface area contributed by atoms with Gasteiger partial charge in [-0.3, -0.25) is 10.1 Å². The van der Waals surface area contributed by atoms with E-state index in [1.165, 1.54) is 11.1 Å². The first-order chi connectivity index (χ1) is 9.08. The van der Waals surface area contributed by atoms with Crippen LogP contribution in [0.4, 0.5) is 11.5 Å². The average Bonchev–Trinajstić information content (AvgIpc) is 2.89. The SMILES string of the molecule is Cc1cc(NCC(C)c2cccs2)ncc1[N+](=O)[O-]. The van der Waals surface area contributed by atoms with Crippen LogP contribution < -0.4 is 5.32 Å². The number of pyridine rings is 1. The fourth-order valence-electron chi connectivity index (χ4n) is 1.77. The van der Waals surface area contributed by atoms with Crippen molar-refractivity contribution in [2.24, 2.45) is 0 Å². The molecule has 0 amide bonds. The second kappa shape index (κ2) is 5.79. The number of anilines is 1. The Morgan fingerprint density at radius 2 is 2.37 bits per heavy atom. The molecule has 1 unspecified atom stereocenters. The summed E-state index contributed by atoms with van der Waals surface area (Å²) in [6.07, 6.45) is 1.30. The lowest BCUT2D eigenvalue weighted by Crippen LogP contribution is -2.10. The highest BCUT2D eigenvalue weighted by atomic mass is 32.1. The number of hydrogen-bond acceptors (Lipinski definition) is 5. The van der Waals surface area contributed by atoms with E-state index >= 15 is 0 Å². The normalized spacial score (nSPS) is 12.1. The molecule has 19 heavy (non-hydrogen) atoms. The number of nitrogens with one attached hydrogen (secondary N) is 1. The van der Waals surface area contributed by atoms with Crippen molar-refractivity contribution in [3.8, 4) is 0 Å².